The van der Waals surface area contributed by atoms with Crippen molar-refractivity contribution in [3.63, 3.8) is 0 Å². The summed E-state index contributed by atoms with van der Waals surface area (Å²) in [6, 6.07) is 0. The second-order valence-electron chi connectivity index (χ2n) is 10.7. The molecule has 0 N–H and O–H groups in total. The van der Waals surface area contributed by atoms with Crippen molar-refractivity contribution in [3.8, 4) is 0 Å². The smallest absolute Gasteiger partial charge is 0.309 e. The minimum absolute atomic E-state index is 0. The van der Waals surface area contributed by atoms with Gasteiger partial charge in [0.05, 0.1) is 34.2 Å². The minimum atomic E-state index is -0.419. The Kier molecular flexibility index (Phi) is 24.9. The van der Waals surface area contributed by atoms with Crippen molar-refractivity contribution >= 4 is 11.9 Å². The van der Waals surface area contributed by atoms with Gasteiger partial charge < -0.3 is 26.4 Å². The molecule has 0 aliphatic rings. The fourth-order valence-corrected chi connectivity index (χ4v) is 4.07. The monoisotopic (exact) mass is 505 g/mol. The van der Waals surface area contributed by atoms with E-state index in [0.717, 1.165) is 32.1 Å². The van der Waals surface area contributed by atoms with Gasteiger partial charge in [0.15, 0.2) is 6.10 Å². The van der Waals surface area contributed by atoms with Gasteiger partial charge in [-0.2, -0.15) is 0 Å². The highest BCUT2D eigenvalue weighted by Crippen LogP contribution is 2.13. The van der Waals surface area contributed by atoms with Gasteiger partial charge in [-0.05, 0) is 12.8 Å². The lowest BCUT2D eigenvalue weighted by atomic mass is 10.1. The van der Waals surface area contributed by atoms with Crippen LogP contribution in [0, 0.1) is 0 Å². The first-order valence-electron chi connectivity index (χ1n) is 13.9. The summed E-state index contributed by atoms with van der Waals surface area (Å²) in [6.45, 7) is 5.51. The molecule has 1 atom stereocenters. The molecule has 0 saturated carbocycles. The maximum absolute atomic E-state index is 12.3. The average Bonchev–Trinajstić information content (AvgIpc) is 2.73. The van der Waals surface area contributed by atoms with Crippen LogP contribution < -0.4 is 12.4 Å². The molecule has 0 bridgehead atoms. The van der Waals surface area contributed by atoms with Crippen LogP contribution in [0.2, 0.25) is 0 Å². The number of esters is 2. The fraction of sp³-hybridized carbons (Fsp3) is 0.929. The number of hydrogen-bond donors (Lipinski definition) is 0. The molecule has 0 aromatic heterocycles. The number of likely N-dealkylation sites (N-methyl/N-ethyl adjacent to an activating group) is 1. The highest BCUT2D eigenvalue weighted by molar-refractivity contribution is 5.72. The second-order valence-corrected chi connectivity index (χ2v) is 10.7. The zero-order chi connectivity index (χ0) is 24.8. The average molecular weight is 506 g/mol. The topological polar surface area (TPSA) is 52.6 Å². The first-order chi connectivity index (χ1) is 15.8. The standard InChI is InChI=1S/C28H56NO4.ClH/c1-6-8-10-12-13-14-15-16-17-19-21-23-32-28(31)24-26(25-29(3,4)5)33-27(30)22-20-18-11-9-7-2;/h26H,6-25H2,1-5H3;1H/q+1;/p-1/t26-;/m1./s1. The molecule has 0 rings (SSSR count). The van der Waals surface area contributed by atoms with Gasteiger partial charge in [0, 0.05) is 6.42 Å². The summed E-state index contributed by atoms with van der Waals surface area (Å²) >= 11 is 0. The molecule has 0 aromatic rings. The highest BCUT2D eigenvalue weighted by Gasteiger charge is 2.25. The van der Waals surface area contributed by atoms with Crippen LogP contribution in [0.1, 0.15) is 129 Å². The first-order valence-corrected chi connectivity index (χ1v) is 13.9. The Morgan fingerprint density at radius 1 is 0.647 bits per heavy atom. The number of quaternary nitrogens is 1. The molecule has 6 heteroatoms. The van der Waals surface area contributed by atoms with Crippen molar-refractivity contribution in [1.82, 2.24) is 0 Å². The molecule has 0 saturated heterocycles. The van der Waals surface area contributed by atoms with E-state index < -0.39 is 6.10 Å². The second kappa shape index (κ2) is 23.9. The predicted octanol–water partition coefficient (Wildman–Crippen LogP) is 4.21. The van der Waals surface area contributed by atoms with E-state index in [2.05, 4.69) is 13.8 Å². The minimum Gasteiger partial charge on any atom is -1.00 e. The van der Waals surface area contributed by atoms with Crippen LogP contribution in [0.25, 0.3) is 0 Å². The van der Waals surface area contributed by atoms with Gasteiger partial charge in [-0.15, -0.1) is 0 Å². The van der Waals surface area contributed by atoms with E-state index in [-0.39, 0.29) is 30.8 Å². The van der Waals surface area contributed by atoms with Crippen LogP contribution in [0.15, 0.2) is 0 Å². The predicted molar refractivity (Wildman–Crippen MR) is 138 cm³/mol. The maximum atomic E-state index is 12.3. The van der Waals surface area contributed by atoms with Crippen molar-refractivity contribution in [1.29, 1.82) is 0 Å². The number of carbonyl (C=O) groups is 2. The van der Waals surface area contributed by atoms with E-state index in [0.29, 0.717) is 24.1 Å². The van der Waals surface area contributed by atoms with Crippen molar-refractivity contribution in [2.75, 3.05) is 34.3 Å². The number of ether oxygens (including phenoxy) is 2. The van der Waals surface area contributed by atoms with Gasteiger partial charge >= 0.3 is 11.9 Å². The molecule has 0 radical (unpaired) electrons. The Morgan fingerprint density at radius 3 is 1.56 bits per heavy atom. The fourth-order valence-electron chi connectivity index (χ4n) is 4.07. The van der Waals surface area contributed by atoms with E-state index in [1.54, 1.807) is 0 Å². The van der Waals surface area contributed by atoms with E-state index in [4.69, 9.17) is 9.47 Å². The summed E-state index contributed by atoms with van der Waals surface area (Å²) in [5.41, 5.74) is 0. The Morgan fingerprint density at radius 2 is 1.09 bits per heavy atom. The third-order valence-electron chi connectivity index (χ3n) is 5.94. The van der Waals surface area contributed by atoms with Gasteiger partial charge in [0.25, 0.3) is 0 Å². The van der Waals surface area contributed by atoms with E-state index >= 15 is 0 Å². The molecule has 0 aliphatic heterocycles. The zero-order valence-electron chi connectivity index (χ0n) is 23.2. The van der Waals surface area contributed by atoms with Crippen LogP contribution in [0.4, 0.5) is 0 Å². The highest BCUT2D eigenvalue weighted by atomic mass is 35.5. The lowest BCUT2D eigenvalue weighted by Gasteiger charge is -2.28. The number of rotatable bonds is 23. The molecule has 0 spiro atoms. The van der Waals surface area contributed by atoms with Crippen molar-refractivity contribution in [2.45, 2.75) is 136 Å². The van der Waals surface area contributed by atoms with Gasteiger partial charge in [0.2, 0.25) is 0 Å². The summed E-state index contributed by atoms with van der Waals surface area (Å²) in [6.07, 6.45) is 19.7. The Bertz CT molecular complexity index is 480. The summed E-state index contributed by atoms with van der Waals surface area (Å²) < 4.78 is 11.7. The van der Waals surface area contributed by atoms with Gasteiger partial charge in [-0.25, -0.2) is 0 Å². The van der Waals surface area contributed by atoms with Crippen LogP contribution in [0.3, 0.4) is 0 Å². The molecule has 0 unspecified atom stereocenters. The van der Waals surface area contributed by atoms with E-state index in [9.17, 15) is 9.59 Å². The molecule has 0 amide bonds. The normalized spacial score (nSPS) is 12.1. The van der Waals surface area contributed by atoms with E-state index in [1.165, 1.54) is 70.6 Å². The van der Waals surface area contributed by atoms with Crippen LogP contribution in [0.5, 0.6) is 0 Å². The number of nitrogens with zero attached hydrogens (tertiary/aromatic N) is 1. The Hall–Kier alpha value is -0.810. The number of unbranched alkanes of at least 4 members (excludes halogenated alkanes) is 14. The molecule has 0 fully saturated rings. The van der Waals surface area contributed by atoms with Crippen molar-refractivity contribution in [3.05, 3.63) is 0 Å². The van der Waals surface area contributed by atoms with Gasteiger partial charge in [-0.1, -0.05) is 104 Å². The van der Waals surface area contributed by atoms with Gasteiger partial charge in [0.1, 0.15) is 6.54 Å². The quantitative estimate of drug-likeness (QED) is 0.118. The first kappa shape index (κ1) is 35.4. The molecule has 0 aromatic carbocycles. The third-order valence-corrected chi connectivity index (χ3v) is 5.94. The lowest BCUT2D eigenvalue weighted by Crippen LogP contribution is -3.00. The molecule has 34 heavy (non-hydrogen) atoms. The molecule has 5 nitrogen and oxygen atoms in total. The van der Waals surface area contributed by atoms with Crippen LogP contribution >= 0.6 is 0 Å². The van der Waals surface area contributed by atoms with Crippen molar-refractivity contribution in [2.24, 2.45) is 0 Å². The van der Waals surface area contributed by atoms with Crippen LogP contribution in [-0.4, -0.2) is 56.8 Å². The summed E-state index contributed by atoms with van der Waals surface area (Å²) in [4.78, 5) is 24.6. The summed E-state index contributed by atoms with van der Waals surface area (Å²) in [5.74, 6) is -0.445. The third kappa shape index (κ3) is 25.8. The molecule has 0 heterocycles. The van der Waals surface area contributed by atoms with Gasteiger partial charge in [-0.3, -0.25) is 9.59 Å². The number of hydrogen-bond acceptors (Lipinski definition) is 4. The number of carbonyl (C=O) groups excluding carboxylic acids is 2. The summed E-state index contributed by atoms with van der Waals surface area (Å²) in [7, 11) is 6.13. The zero-order valence-corrected chi connectivity index (χ0v) is 23.9. The van der Waals surface area contributed by atoms with E-state index in [1.807, 2.05) is 21.1 Å². The maximum Gasteiger partial charge on any atom is 0.309 e. The molecule has 204 valence electrons. The van der Waals surface area contributed by atoms with Crippen LogP contribution in [-0.2, 0) is 19.1 Å². The van der Waals surface area contributed by atoms with Crippen molar-refractivity contribution < 1.29 is 36.0 Å². The molecule has 0 aliphatic carbocycles. The lowest BCUT2D eigenvalue weighted by molar-refractivity contribution is -0.873. The molecular formula is C28H56ClNO4. The Labute approximate surface area is 217 Å². The molecular weight excluding hydrogens is 450 g/mol. The number of halogens is 1. The largest absolute Gasteiger partial charge is 1.00 e. The summed E-state index contributed by atoms with van der Waals surface area (Å²) in [5, 5.41) is 0. The Balaban J connectivity index is 0. The SMILES string of the molecule is CCCCCCCCCCCCCOC(=O)C[C@H](C[N+](C)(C)C)OC(=O)CCCCCCC.[Cl-].